The number of rotatable bonds is 4. The maximum absolute atomic E-state index is 13.3. The Bertz CT molecular complexity index is 925. The summed E-state index contributed by atoms with van der Waals surface area (Å²) in [4.78, 5) is 40.3. The van der Waals surface area contributed by atoms with E-state index in [2.05, 4.69) is 11.5 Å². The molecule has 4 rings (SSSR count). The normalized spacial score (nSPS) is 29.4. The van der Waals surface area contributed by atoms with Gasteiger partial charge in [-0.3, -0.25) is 14.6 Å². The van der Waals surface area contributed by atoms with E-state index in [1.807, 2.05) is 49.4 Å². The fraction of sp³-hybridized carbons (Fsp3) is 0.478. The van der Waals surface area contributed by atoms with Gasteiger partial charge in [-0.2, -0.15) is 5.26 Å². The third-order valence-corrected chi connectivity index (χ3v) is 6.43. The molecule has 8 nitrogen and oxygen atoms in total. The van der Waals surface area contributed by atoms with Crippen molar-refractivity contribution >= 4 is 17.9 Å². The molecule has 1 aliphatic carbocycles. The summed E-state index contributed by atoms with van der Waals surface area (Å²) in [5, 5.41) is 10.6. The molecule has 0 aromatic heterocycles. The average Bonchev–Trinajstić information content (AvgIpc) is 3.38. The molecule has 2 heterocycles. The van der Waals surface area contributed by atoms with Crippen molar-refractivity contribution < 1.29 is 19.1 Å². The molecule has 0 radical (unpaired) electrons. The van der Waals surface area contributed by atoms with E-state index in [0.717, 1.165) is 12.0 Å². The summed E-state index contributed by atoms with van der Waals surface area (Å²) in [7, 11) is 0. The molecule has 5 atom stereocenters. The van der Waals surface area contributed by atoms with Crippen LogP contribution in [0.4, 0.5) is 4.79 Å². The van der Waals surface area contributed by atoms with Crippen LogP contribution in [0, 0.1) is 35.0 Å². The Labute approximate surface area is 181 Å². The number of amides is 3. The molecule has 1 aromatic carbocycles. The predicted octanol–water partition coefficient (Wildman–Crippen LogP) is 2.24. The summed E-state index contributed by atoms with van der Waals surface area (Å²) in [5.41, 5.74) is 3.38. The number of allylic oxidation sites excluding steroid dienone is 1. The topological polar surface area (TPSA) is 103 Å². The Balaban J connectivity index is 1.43. The van der Waals surface area contributed by atoms with Gasteiger partial charge in [0.1, 0.15) is 12.6 Å². The molecule has 1 N–H and O–H groups in total. The first-order chi connectivity index (χ1) is 15.0. The number of nitriles is 1. The second-order valence-electron chi connectivity index (χ2n) is 8.40. The van der Waals surface area contributed by atoms with Crippen molar-refractivity contribution in [3.8, 4) is 6.07 Å². The average molecular weight is 422 g/mol. The predicted molar refractivity (Wildman–Crippen MR) is 111 cm³/mol. The molecule has 3 amide bonds. The Kier molecular flexibility index (Phi) is 5.94. The van der Waals surface area contributed by atoms with Crippen molar-refractivity contribution in [1.82, 2.24) is 15.3 Å². The van der Waals surface area contributed by atoms with E-state index in [1.54, 1.807) is 4.90 Å². The molecule has 0 bridgehead atoms. The first-order valence-corrected chi connectivity index (χ1v) is 10.7. The summed E-state index contributed by atoms with van der Waals surface area (Å²) < 4.78 is 5.22. The van der Waals surface area contributed by atoms with Gasteiger partial charge in [-0.05, 0) is 24.3 Å². The number of carbonyl (C=O) groups excluding carboxylic acids is 3. The third-order valence-electron chi connectivity index (χ3n) is 6.43. The van der Waals surface area contributed by atoms with Crippen LogP contribution >= 0.6 is 0 Å². The van der Waals surface area contributed by atoms with Crippen LogP contribution in [0.15, 0.2) is 42.5 Å². The lowest BCUT2D eigenvalue weighted by atomic mass is 9.71. The van der Waals surface area contributed by atoms with E-state index >= 15 is 0 Å². The van der Waals surface area contributed by atoms with Crippen molar-refractivity contribution in [3.05, 3.63) is 48.0 Å². The van der Waals surface area contributed by atoms with Gasteiger partial charge in [-0.15, -0.1) is 0 Å². The molecule has 31 heavy (non-hydrogen) atoms. The maximum Gasteiger partial charge on any atom is 0.426 e. The van der Waals surface area contributed by atoms with Crippen LogP contribution in [0.2, 0.25) is 0 Å². The van der Waals surface area contributed by atoms with Gasteiger partial charge in [0, 0.05) is 19.0 Å². The summed E-state index contributed by atoms with van der Waals surface area (Å²) in [6.45, 7) is 2.86. The Morgan fingerprint density at radius 2 is 2.03 bits per heavy atom. The highest BCUT2D eigenvalue weighted by atomic mass is 16.6. The molecule has 162 valence electrons. The van der Waals surface area contributed by atoms with Crippen LogP contribution in [0.1, 0.15) is 25.3 Å². The van der Waals surface area contributed by atoms with E-state index < -0.39 is 24.0 Å². The fourth-order valence-corrected chi connectivity index (χ4v) is 4.84. The Hall–Kier alpha value is -3.34. The van der Waals surface area contributed by atoms with E-state index in [-0.39, 0.29) is 30.3 Å². The minimum Gasteiger partial charge on any atom is -0.443 e. The number of benzene rings is 1. The first-order valence-electron chi connectivity index (χ1n) is 10.7. The lowest BCUT2D eigenvalue weighted by molar-refractivity contribution is -0.146. The number of likely N-dealkylation sites (tertiary alicyclic amines) is 1. The van der Waals surface area contributed by atoms with E-state index in [0.29, 0.717) is 19.5 Å². The monoisotopic (exact) mass is 422 g/mol. The molecular formula is C23H26N4O4. The largest absolute Gasteiger partial charge is 0.443 e. The highest BCUT2D eigenvalue weighted by Gasteiger charge is 2.52. The quantitative estimate of drug-likeness (QED) is 0.750. The number of nitrogens with one attached hydrogen (secondary N) is 1. The maximum atomic E-state index is 13.3. The van der Waals surface area contributed by atoms with Crippen LogP contribution in [0.25, 0.3) is 0 Å². The van der Waals surface area contributed by atoms with Gasteiger partial charge < -0.3 is 9.64 Å². The van der Waals surface area contributed by atoms with Crippen LogP contribution in [-0.4, -0.2) is 46.9 Å². The Morgan fingerprint density at radius 3 is 2.77 bits per heavy atom. The Morgan fingerprint density at radius 1 is 1.26 bits per heavy atom. The van der Waals surface area contributed by atoms with Gasteiger partial charge in [0.15, 0.2) is 0 Å². The van der Waals surface area contributed by atoms with Crippen LogP contribution in [0.5, 0.6) is 0 Å². The number of hydrazine groups is 1. The highest BCUT2D eigenvalue weighted by Crippen LogP contribution is 2.41. The number of hydrogen-bond acceptors (Lipinski definition) is 5. The van der Waals surface area contributed by atoms with E-state index in [1.165, 1.54) is 5.01 Å². The molecule has 8 heteroatoms. The molecule has 0 saturated carbocycles. The van der Waals surface area contributed by atoms with Gasteiger partial charge >= 0.3 is 6.09 Å². The summed E-state index contributed by atoms with van der Waals surface area (Å²) in [6.07, 6.45) is 4.68. The molecule has 2 aliphatic heterocycles. The zero-order valence-corrected chi connectivity index (χ0v) is 17.4. The molecule has 1 aromatic rings. The number of carbonyl (C=O) groups is 3. The number of ether oxygens (including phenoxy) is 1. The summed E-state index contributed by atoms with van der Waals surface area (Å²) >= 11 is 0. The minimum atomic E-state index is -0.708. The SMILES string of the molecule is C[C@@H]1C=C[C@@H]2CN(NC(=O)OCc3ccccc3)C(=O)[C@H]2[C@H]1C(=O)N1CCC[C@H]1C#N. The second kappa shape index (κ2) is 8.80. The van der Waals surface area contributed by atoms with Crippen molar-refractivity contribution in [3.63, 3.8) is 0 Å². The van der Waals surface area contributed by atoms with Gasteiger partial charge in [0.25, 0.3) is 0 Å². The second-order valence-corrected chi connectivity index (χ2v) is 8.40. The van der Waals surface area contributed by atoms with Crippen molar-refractivity contribution in [2.24, 2.45) is 23.7 Å². The third kappa shape index (κ3) is 4.13. The van der Waals surface area contributed by atoms with Crippen LogP contribution in [0.3, 0.4) is 0 Å². The molecular weight excluding hydrogens is 396 g/mol. The van der Waals surface area contributed by atoms with Crippen molar-refractivity contribution in [2.45, 2.75) is 32.4 Å². The highest BCUT2D eigenvalue weighted by molar-refractivity contribution is 5.91. The van der Waals surface area contributed by atoms with Crippen LogP contribution < -0.4 is 5.43 Å². The standard InChI is InChI=1S/C23H26N4O4/c1-15-9-10-17-13-27(25-23(30)31-14-16-6-3-2-4-7-16)22(29)20(17)19(15)21(28)26-11-5-8-18(26)12-24/h2-4,6-7,9-10,15,17-20H,5,8,11,13-14H2,1H3,(H,25,30)/t15-,17-,18+,19+,20-/m1/s1. The molecule has 0 spiro atoms. The van der Waals surface area contributed by atoms with Crippen molar-refractivity contribution in [1.29, 1.82) is 5.26 Å². The first kappa shape index (κ1) is 20.9. The van der Waals surface area contributed by atoms with Gasteiger partial charge in [0.2, 0.25) is 11.8 Å². The molecule has 3 aliphatic rings. The van der Waals surface area contributed by atoms with E-state index in [4.69, 9.17) is 4.74 Å². The van der Waals surface area contributed by atoms with Gasteiger partial charge in [-0.1, -0.05) is 49.4 Å². The fourth-order valence-electron chi connectivity index (χ4n) is 4.84. The zero-order valence-electron chi connectivity index (χ0n) is 17.4. The van der Waals surface area contributed by atoms with Gasteiger partial charge in [-0.25, -0.2) is 10.2 Å². The molecule has 2 saturated heterocycles. The van der Waals surface area contributed by atoms with E-state index in [9.17, 15) is 19.6 Å². The number of hydrogen-bond donors (Lipinski definition) is 1. The minimum absolute atomic E-state index is 0.101. The molecule has 2 fully saturated rings. The number of fused-ring (bicyclic) bond motifs is 1. The van der Waals surface area contributed by atoms with Gasteiger partial charge in [0.05, 0.1) is 17.9 Å². The van der Waals surface area contributed by atoms with Crippen LogP contribution in [-0.2, 0) is 20.9 Å². The lowest BCUT2D eigenvalue weighted by Gasteiger charge is -2.35. The smallest absolute Gasteiger partial charge is 0.426 e. The summed E-state index contributed by atoms with van der Waals surface area (Å²) in [5.74, 6) is -1.81. The van der Waals surface area contributed by atoms with Crippen molar-refractivity contribution in [2.75, 3.05) is 13.1 Å². The number of nitrogens with zero attached hydrogens (tertiary/aromatic N) is 3. The zero-order chi connectivity index (χ0) is 22.0. The molecule has 0 unspecified atom stereocenters. The lowest BCUT2D eigenvalue weighted by Crippen LogP contribution is -2.49. The summed E-state index contributed by atoms with van der Waals surface area (Å²) in [6, 6.07) is 11.0.